The average molecular weight is 369 g/mol. The molecule has 144 valence electrons. The molecule has 0 spiro atoms. The van der Waals surface area contributed by atoms with E-state index in [0.29, 0.717) is 11.5 Å². The van der Waals surface area contributed by atoms with E-state index in [1.54, 1.807) is 4.57 Å². The molecule has 1 aromatic rings. The standard InChI is InChI=1S/C14H23N7O5/c1-17-7(23)2-3-25-10-9(24)6(4-22)26-13(10)21-5-18-8-11(15)19-14(16)20-12(8)21/h5-6,9-11,13,22,24H,2-4,15H2,1H3,(H,17,23)(H3,16,19,20)/t6-,9+,10?,11?,13-/m1/s1. The van der Waals surface area contributed by atoms with Crippen molar-refractivity contribution in [2.24, 2.45) is 16.5 Å². The van der Waals surface area contributed by atoms with E-state index in [1.807, 2.05) is 0 Å². The van der Waals surface area contributed by atoms with Crippen LogP contribution in [0.3, 0.4) is 0 Å². The molecule has 5 atom stereocenters. The first-order valence-electron chi connectivity index (χ1n) is 8.15. The highest BCUT2D eigenvalue weighted by Crippen LogP contribution is 2.36. The van der Waals surface area contributed by atoms with E-state index in [2.05, 4.69) is 20.6 Å². The molecule has 0 radical (unpaired) electrons. The van der Waals surface area contributed by atoms with Crippen LogP contribution in [0.15, 0.2) is 11.3 Å². The minimum atomic E-state index is -1.09. The van der Waals surface area contributed by atoms with Crippen molar-refractivity contribution < 1.29 is 24.5 Å². The summed E-state index contributed by atoms with van der Waals surface area (Å²) in [6.45, 7) is -0.312. The molecule has 12 nitrogen and oxygen atoms in total. The molecular formula is C14H23N7O5. The van der Waals surface area contributed by atoms with E-state index < -0.39 is 30.7 Å². The van der Waals surface area contributed by atoms with Crippen LogP contribution in [-0.4, -0.2) is 70.2 Å². The van der Waals surface area contributed by atoms with Crippen LogP contribution in [-0.2, 0) is 14.3 Å². The third-order valence-electron chi connectivity index (χ3n) is 4.31. The van der Waals surface area contributed by atoms with Crippen LogP contribution >= 0.6 is 0 Å². The Labute approximate surface area is 149 Å². The second kappa shape index (κ2) is 7.55. The van der Waals surface area contributed by atoms with Crippen molar-refractivity contribution >= 4 is 17.7 Å². The Kier molecular flexibility index (Phi) is 5.38. The minimum absolute atomic E-state index is 0.0762. The van der Waals surface area contributed by atoms with E-state index in [0.717, 1.165) is 0 Å². The van der Waals surface area contributed by atoms with Gasteiger partial charge in [-0.05, 0) is 0 Å². The molecular weight excluding hydrogens is 346 g/mol. The summed E-state index contributed by atoms with van der Waals surface area (Å²) in [6.07, 6.45) is -2.68. The third-order valence-corrected chi connectivity index (χ3v) is 4.31. The van der Waals surface area contributed by atoms with E-state index in [1.165, 1.54) is 13.4 Å². The van der Waals surface area contributed by atoms with Crippen molar-refractivity contribution in [3.63, 3.8) is 0 Å². The number of amides is 1. The van der Waals surface area contributed by atoms with Crippen LogP contribution in [0.1, 0.15) is 24.5 Å². The lowest BCUT2D eigenvalue weighted by molar-refractivity contribution is -0.123. The van der Waals surface area contributed by atoms with Gasteiger partial charge in [0.05, 0.1) is 19.5 Å². The number of guanidine groups is 1. The van der Waals surface area contributed by atoms with Crippen LogP contribution in [0.25, 0.3) is 0 Å². The Morgan fingerprint density at radius 3 is 3.04 bits per heavy atom. The lowest BCUT2D eigenvalue weighted by Gasteiger charge is -2.25. The molecule has 3 heterocycles. The highest BCUT2D eigenvalue weighted by atomic mass is 16.6. The molecule has 0 saturated carbocycles. The van der Waals surface area contributed by atoms with Gasteiger partial charge in [0, 0.05) is 13.5 Å². The van der Waals surface area contributed by atoms with E-state index in [-0.39, 0.29) is 31.5 Å². The van der Waals surface area contributed by atoms with Gasteiger partial charge in [-0.3, -0.25) is 9.36 Å². The fraction of sp³-hybridized carbons (Fsp3) is 0.643. The van der Waals surface area contributed by atoms with Gasteiger partial charge in [-0.15, -0.1) is 0 Å². The average Bonchev–Trinajstić information content (AvgIpc) is 3.16. The molecule has 0 aromatic carbocycles. The van der Waals surface area contributed by atoms with Gasteiger partial charge in [-0.25, -0.2) is 9.98 Å². The Morgan fingerprint density at radius 1 is 1.58 bits per heavy atom. The zero-order valence-corrected chi connectivity index (χ0v) is 14.2. The largest absolute Gasteiger partial charge is 0.394 e. The number of rotatable bonds is 6. The summed E-state index contributed by atoms with van der Waals surface area (Å²) < 4.78 is 13.0. The Morgan fingerprint density at radius 2 is 2.35 bits per heavy atom. The van der Waals surface area contributed by atoms with Crippen LogP contribution in [0, 0.1) is 0 Å². The molecule has 0 aliphatic carbocycles. The molecule has 0 bridgehead atoms. The number of aromatic nitrogens is 2. The number of nitrogens with two attached hydrogens (primary N) is 2. The van der Waals surface area contributed by atoms with E-state index in [4.69, 9.17) is 20.9 Å². The van der Waals surface area contributed by atoms with Crippen LogP contribution in [0.5, 0.6) is 0 Å². The smallest absolute Gasteiger partial charge is 0.222 e. The first-order valence-corrected chi connectivity index (χ1v) is 8.15. The van der Waals surface area contributed by atoms with Gasteiger partial charge in [0.2, 0.25) is 5.91 Å². The molecule has 8 N–H and O–H groups in total. The zero-order chi connectivity index (χ0) is 18.8. The number of fused-ring (bicyclic) bond motifs is 1. The quantitative estimate of drug-likeness (QED) is 0.312. The zero-order valence-electron chi connectivity index (χ0n) is 14.2. The van der Waals surface area contributed by atoms with Crippen molar-refractivity contribution in [1.29, 1.82) is 0 Å². The highest BCUT2D eigenvalue weighted by Gasteiger charge is 2.46. The summed E-state index contributed by atoms with van der Waals surface area (Å²) in [5, 5.41) is 25.2. The van der Waals surface area contributed by atoms with E-state index >= 15 is 0 Å². The maximum Gasteiger partial charge on any atom is 0.222 e. The Bertz CT molecular complexity index is 693. The third kappa shape index (κ3) is 3.37. The number of anilines is 1. The number of ether oxygens (including phenoxy) is 2. The predicted molar refractivity (Wildman–Crippen MR) is 89.8 cm³/mol. The summed E-state index contributed by atoms with van der Waals surface area (Å²) in [6, 6.07) is 0. The summed E-state index contributed by atoms with van der Waals surface area (Å²) >= 11 is 0. The molecule has 2 aliphatic heterocycles. The van der Waals surface area contributed by atoms with Gasteiger partial charge in [-0.2, -0.15) is 0 Å². The summed E-state index contributed by atoms with van der Waals surface area (Å²) in [4.78, 5) is 19.6. The molecule has 3 rings (SSSR count). The maximum absolute atomic E-state index is 11.4. The predicted octanol–water partition coefficient (Wildman–Crippen LogP) is -2.65. The van der Waals surface area contributed by atoms with Crippen molar-refractivity contribution in [2.45, 2.75) is 37.1 Å². The van der Waals surface area contributed by atoms with E-state index in [9.17, 15) is 15.0 Å². The number of carbonyl (C=O) groups is 1. The first-order chi connectivity index (χ1) is 12.5. The number of hydrogen-bond donors (Lipinski definition) is 6. The van der Waals surface area contributed by atoms with Gasteiger partial charge in [-0.1, -0.05) is 0 Å². The van der Waals surface area contributed by atoms with Crippen LogP contribution in [0.4, 0.5) is 5.82 Å². The molecule has 2 aliphatic rings. The van der Waals surface area contributed by atoms with Crippen molar-refractivity contribution in [1.82, 2.24) is 14.9 Å². The number of nitrogens with zero attached hydrogens (tertiary/aromatic N) is 3. The maximum atomic E-state index is 11.4. The molecule has 1 fully saturated rings. The van der Waals surface area contributed by atoms with Gasteiger partial charge < -0.3 is 41.8 Å². The second-order valence-electron chi connectivity index (χ2n) is 5.97. The molecule has 1 aromatic heterocycles. The van der Waals surface area contributed by atoms with Crippen molar-refractivity contribution in [3.8, 4) is 0 Å². The Hall–Kier alpha value is -2.25. The number of aliphatic imine (C=N–C) groups is 1. The molecule has 2 unspecified atom stereocenters. The van der Waals surface area contributed by atoms with Gasteiger partial charge >= 0.3 is 0 Å². The summed E-state index contributed by atoms with van der Waals surface area (Å²) in [7, 11) is 1.53. The topological polar surface area (TPSA) is 182 Å². The fourth-order valence-corrected chi connectivity index (χ4v) is 2.96. The highest BCUT2D eigenvalue weighted by molar-refractivity contribution is 5.93. The van der Waals surface area contributed by atoms with Gasteiger partial charge in [0.1, 0.15) is 36.0 Å². The SMILES string of the molecule is CNC(=O)CCOC1[C@@H](O)[C@@H](CO)O[C@H]1n1cnc2c1NC(N)=NC2N. The normalized spacial score (nSPS) is 30.5. The number of aliphatic hydroxyl groups is 2. The number of carbonyl (C=O) groups excluding carboxylic acids is 1. The summed E-state index contributed by atoms with van der Waals surface area (Å²) in [5.41, 5.74) is 12.1. The first kappa shape index (κ1) is 18.5. The van der Waals surface area contributed by atoms with Crippen molar-refractivity contribution in [2.75, 3.05) is 25.6 Å². The number of nitrogens with one attached hydrogen (secondary N) is 2. The fourth-order valence-electron chi connectivity index (χ4n) is 2.96. The number of imidazole rings is 1. The second-order valence-corrected chi connectivity index (χ2v) is 5.97. The van der Waals surface area contributed by atoms with Crippen LogP contribution in [0.2, 0.25) is 0 Å². The van der Waals surface area contributed by atoms with Crippen LogP contribution < -0.4 is 22.1 Å². The number of hydrogen-bond acceptors (Lipinski definition) is 10. The molecule has 12 heteroatoms. The van der Waals surface area contributed by atoms with Gasteiger partial charge in [0.25, 0.3) is 0 Å². The summed E-state index contributed by atoms with van der Waals surface area (Å²) in [5.74, 6) is 0.409. The molecule has 1 amide bonds. The number of aliphatic hydroxyl groups excluding tert-OH is 2. The lowest BCUT2D eigenvalue weighted by Crippen LogP contribution is -2.37. The Balaban J connectivity index is 1.82. The lowest BCUT2D eigenvalue weighted by atomic mass is 10.1. The minimum Gasteiger partial charge on any atom is -0.394 e. The molecule has 26 heavy (non-hydrogen) atoms. The van der Waals surface area contributed by atoms with Crippen molar-refractivity contribution in [3.05, 3.63) is 12.0 Å². The monoisotopic (exact) mass is 369 g/mol. The van der Waals surface area contributed by atoms with Gasteiger partial charge in [0.15, 0.2) is 12.2 Å². The molecule has 1 saturated heterocycles.